The van der Waals surface area contributed by atoms with Crippen LogP contribution in [0.25, 0.3) is 16.4 Å². The molecule has 0 aliphatic rings. The van der Waals surface area contributed by atoms with Gasteiger partial charge in [0.05, 0.1) is 12.1 Å². The molecule has 0 fully saturated rings. The van der Waals surface area contributed by atoms with Gasteiger partial charge in [0.1, 0.15) is 12.1 Å². The number of aromatic nitrogens is 2. The quantitative estimate of drug-likeness (QED) is 0.327. The molecule has 0 saturated heterocycles. The highest BCUT2D eigenvalue weighted by Crippen LogP contribution is 2.35. The van der Waals surface area contributed by atoms with E-state index in [4.69, 9.17) is 14.5 Å². The Morgan fingerprint density at radius 3 is 2.35 bits per heavy atom. The van der Waals surface area contributed by atoms with Crippen molar-refractivity contribution in [1.29, 1.82) is 0 Å². The third-order valence-corrected chi connectivity index (χ3v) is 5.91. The predicted molar refractivity (Wildman–Crippen MR) is 131 cm³/mol. The molecule has 34 heavy (non-hydrogen) atoms. The Morgan fingerprint density at radius 1 is 1.00 bits per heavy atom. The van der Waals surface area contributed by atoms with E-state index in [1.165, 1.54) is 4.40 Å². The molecule has 0 aliphatic carbocycles. The first-order valence-electron chi connectivity index (χ1n) is 11.2. The van der Waals surface area contributed by atoms with Gasteiger partial charge in [-0.05, 0) is 42.5 Å². The summed E-state index contributed by atoms with van der Waals surface area (Å²) in [5, 5.41) is 0.950. The number of carbonyl (C=O) groups is 1. The Hall–Kier alpha value is -4.19. The van der Waals surface area contributed by atoms with Crippen molar-refractivity contribution >= 4 is 22.4 Å². The molecule has 6 nitrogen and oxygen atoms in total. The summed E-state index contributed by atoms with van der Waals surface area (Å²) in [6.07, 6.45) is 4.25. The molecule has 0 bridgehead atoms. The first-order valence-corrected chi connectivity index (χ1v) is 11.2. The molecule has 0 unspecified atom stereocenters. The minimum Gasteiger partial charge on any atom is -0.485 e. The van der Waals surface area contributed by atoms with Gasteiger partial charge in [0, 0.05) is 17.8 Å². The van der Waals surface area contributed by atoms with Gasteiger partial charge in [-0.2, -0.15) is 0 Å². The maximum Gasteiger partial charge on any atom is 0.347 e. The maximum absolute atomic E-state index is 13.5. The van der Waals surface area contributed by atoms with Crippen molar-refractivity contribution in [3.05, 3.63) is 111 Å². The number of pyridine rings is 2. The van der Waals surface area contributed by atoms with E-state index < -0.39 is 11.5 Å². The fourth-order valence-corrected chi connectivity index (χ4v) is 4.40. The summed E-state index contributed by atoms with van der Waals surface area (Å²) in [5.41, 5.74) is 4.54. The van der Waals surface area contributed by atoms with Gasteiger partial charge < -0.3 is 9.47 Å². The van der Waals surface area contributed by atoms with Crippen LogP contribution in [0.4, 0.5) is 0 Å². The fourth-order valence-electron chi connectivity index (χ4n) is 4.40. The van der Waals surface area contributed by atoms with Crippen LogP contribution in [0, 0.1) is 6.92 Å². The third-order valence-electron chi connectivity index (χ3n) is 5.91. The van der Waals surface area contributed by atoms with Crippen LogP contribution in [0.3, 0.4) is 0 Å². The van der Waals surface area contributed by atoms with Gasteiger partial charge >= 0.3 is 5.97 Å². The molecule has 6 heteroatoms. The van der Waals surface area contributed by atoms with E-state index in [9.17, 15) is 9.59 Å². The van der Waals surface area contributed by atoms with Crippen molar-refractivity contribution < 1.29 is 14.3 Å². The Labute approximate surface area is 196 Å². The van der Waals surface area contributed by atoms with E-state index in [0.29, 0.717) is 17.5 Å². The SMILES string of the molecule is CCOC(=O)c1c(OCc2ccccc2)c2ncc(Cc3ccccc3)c3c(C)cn(c1=O)c23. The zero-order valence-corrected chi connectivity index (χ0v) is 19.1. The Balaban J connectivity index is 1.72. The van der Waals surface area contributed by atoms with Crippen molar-refractivity contribution in [2.24, 2.45) is 0 Å². The van der Waals surface area contributed by atoms with Gasteiger partial charge in [-0.3, -0.25) is 14.2 Å². The first-order chi connectivity index (χ1) is 16.6. The highest BCUT2D eigenvalue weighted by atomic mass is 16.5. The summed E-state index contributed by atoms with van der Waals surface area (Å²) in [6.45, 7) is 4.01. The number of nitrogens with zero attached hydrogens (tertiary/aromatic N) is 2. The average molecular weight is 453 g/mol. The largest absolute Gasteiger partial charge is 0.485 e. The smallest absolute Gasteiger partial charge is 0.347 e. The van der Waals surface area contributed by atoms with Gasteiger partial charge in [-0.1, -0.05) is 60.7 Å². The zero-order chi connectivity index (χ0) is 23.7. The van der Waals surface area contributed by atoms with Crippen LogP contribution in [0.1, 0.15) is 39.5 Å². The number of benzene rings is 2. The summed E-state index contributed by atoms with van der Waals surface area (Å²) in [7, 11) is 0. The van der Waals surface area contributed by atoms with Crippen LogP contribution in [-0.4, -0.2) is 22.0 Å². The van der Waals surface area contributed by atoms with Crippen molar-refractivity contribution in [3.63, 3.8) is 0 Å². The van der Waals surface area contributed by atoms with Crippen molar-refractivity contribution in [2.45, 2.75) is 26.9 Å². The van der Waals surface area contributed by atoms with Crippen LogP contribution in [-0.2, 0) is 17.8 Å². The number of aryl methyl sites for hydroxylation is 1. The first kappa shape index (κ1) is 21.6. The molecule has 170 valence electrons. The molecule has 0 aliphatic heterocycles. The monoisotopic (exact) mass is 452 g/mol. The molecule has 2 aromatic carbocycles. The molecule has 0 saturated carbocycles. The molecule has 5 rings (SSSR count). The normalized spacial score (nSPS) is 11.2. The van der Waals surface area contributed by atoms with Crippen molar-refractivity contribution in [1.82, 2.24) is 9.38 Å². The number of ether oxygens (including phenoxy) is 2. The lowest BCUT2D eigenvalue weighted by Crippen LogP contribution is -2.25. The molecular weight excluding hydrogens is 428 g/mol. The summed E-state index contributed by atoms with van der Waals surface area (Å²) in [4.78, 5) is 31.1. The molecule has 0 spiro atoms. The second kappa shape index (κ2) is 8.98. The van der Waals surface area contributed by atoms with E-state index in [1.54, 1.807) is 13.1 Å². The number of esters is 1. The molecule has 0 amide bonds. The number of carbonyl (C=O) groups excluding carboxylic acids is 1. The van der Waals surface area contributed by atoms with Gasteiger partial charge in [-0.15, -0.1) is 0 Å². The lowest BCUT2D eigenvalue weighted by atomic mass is 10.0. The van der Waals surface area contributed by atoms with Crippen LogP contribution < -0.4 is 10.3 Å². The molecular formula is C28H24N2O4. The summed E-state index contributed by atoms with van der Waals surface area (Å²) < 4.78 is 12.8. The Morgan fingerprint density at radius 2 is 1.68 bits per heavy atom. The summed E-state index contributed by atoms with van der Waals surface area (Å²) >= 11 is 0. The molecule has 5 aromatic rings. The molecule has 0 N–H and O–H groups in total. The van der Waals surface area contributed by atoms with E-state index in [2.05, 4.69) is 12.1 Å². The van der Waals surface area contributed by atoms with E-state index in [-0.39, 0.29) is 24.5 Å². The van der Waals surface area contributed by atoms with E-state index in [0.717, 1.165) is 27.6 Å². The van der Waals surface area contributed by atoms with Gasteiger partial charge in [0.2, 0.25) is 0 Å². The summed E-state index contributed by atoms with van der Waals surface area (Å²) in [6, 6.07) is 19.7. The highest BCUT2D eigenvalue weighted by Gasteiger charge is 2.27. The standard InChI is InChI=1S/C28H24N2O4/c1-3-33-28(32)23-26(34-17-20-12-8-5-9-13-20)24-25-22(18(2)16-30(25)27(23)31)21(15-29-24)14-19-10-6-4-7-11-19/h4-13,15-16H,3,14,17H2,1-2H3. The van der Waals surface area contributed by atoms with E-state index in [1.807, 2.05) is 61.7 Å². The Bertz CT molecular complexity index is 1530. The minimum atomic E-state index is -0.712. The predicted octanol–water partition coefficient (Wildman–Crippen LogP) is 4.94. The van der Waals surface area contributed by atoms with Gasteiger partial charge in [0.25, 0.3) is 5.56 Å². The van der Waals surface area contributed by atoms with Crippen molar-refractivity contribution in [3.8, 4) is 5.75 Å². The van der Waals surface area contributed by atoms with Crippen LogP contribution in [0.2, 0.25) is 0 Å². The van der Waals surface area contributed by atoms with Crippen LogP contribution in [0.5, 0.6) is 5.75 Å². The van der Waals surface area contributed by atoms with Crippen LogP contribution >= 0.6 is 0 Å². The molecule has 3 aromatic heterocycles. The second-order valence-corrected chi connectivity index (χ2v) is 8.20. The number of rotatable bonds is 7. The molecule has 0 atom stereocenters. The van der Waals surface area contributed by atoms with Crippen LogP contribution in [0.15, 0.2) is 77.9 Å². The topological polar surface area (TPSA) is 69.9 Å². The minimum absolute atomic E-state index is 0.134. The second-order valence-electron chi connectivity index (χ2n) is 8.20. The lowest BCUT2D eigenvalue weighted by Gasteiger charge is -2.15. The zero-order valence-electron chi connectivity index (χ0n) is 19.1. The highest BCUT2D eigenvalue weighted by molar-refractivity contribution is 6.05. The third kappa shape index (κ3) is 3.77. The van der Waals surface area contributed by atoms with Gasteiger partial charge in [0.15, 0.2) is 11.3 Å². The number of hydrogen-bond acceptors (Lipinski definition) is 5. The number of hydrogen-bond donors (Lipinski definition) is 0. The summed E-state index contributed by atoms with van der Waals surface area (Å²) in [5.74, 6) is -0.551. The molecule has 0 radical (unpaired) electrons. The Kier molecular flexibility index (Phi) is 5.72. The molecule has 3 heterocycles. The van der Waals surface area contributed by atoms with Crippen molar-refractivity contribution in [2.75, 3.05) is 6.61 Å². The average Bonchev–Trinajstić information content (AvgIpc) is 3.21. The van der Waals surface area contributed by atoms with Gasteiger partial charge in [-0.25, -0.2) is 4.79 Å². The van der Waals surface area contributed by atoms with E-state index >= 15 is 0 Å². The fraction of sp³-hybridized carbons (Fsp3) is 0.179. The maximum atomic E-state index is 13.5. The lowest BCUT2D eigenvalue weighted by molar-refractivity contribution is 0.0519.